The number of carbonyl (C=O) groups is 1. The SMILES string of the molecule is CC[N+](C)(C)CC=O. The lowest BCUT2D eigenvalue weighted by Crippen LogP contribution is -2.40. The maximum atomic E-state index is 9.96. The fourth-order valence-corrected chi connectivity index (χ4v) is 0.331. The van der Waals surface area contributed by atoms with Gasteiger partial charge >= 0.3 is 0 Å². The fourth-order valence-electron chi connectivity index (χ4n) is 0.331. The molecule has 0 radical (unpaired) electrons. The molecule has 48 valence electrons. The predicted octanol–water partition coefficient (Wildman–Crippen LogP) is 0.282. The van der Waals surface area contributed by atoms with Gasteiger partial charge in [-0.25, -0.2) is 0 Å². The molecule has 0 aliphatic heterocycles. The molecule has 0 bridgehead atoms. The van der Waals surface area contributed by atoms with E-state index < -0.39 is 0 Å². The summed E-state index contributed by atoms with van der Waals surface area (Å²) in [5.74, 6) is 0. The third-order valence-corrected chi connectivity index (χ3v) is 1.42. The third kappa shape index (κ3) is 2.75. The zero-order valence-corrected chi connectivity index (χ0v) is 5.85. The topological polar surface area (TPSA) is 17.1 Å². The van der Waals surface area contributed by atoms with Gasteiger partial charge in [0.2, 0.25) is 0 Å². The first-order valence-corrected chi connectivity index (χ1v) is 2.88. The van der Waals surface area contributed by atoms with E-state index in [0.29, 0.717) is 6.54 Å². The Labute approximate surface area is 50.7 Å². The number of rotatable bonds is 3. The smallest absolute Gasteiger partial charge is 0.174 e. The van der Waals surface area contributed by atoms with Gasteiger partial charge in [-0.15, -0.1) is 0 Å². The van der Waals surface area contributed by atoms with Gasteiger partial charge in [0.1, 0.15) is 6.54 Å². The molecule has 0 spiro atoms. The van der Waals surface area contributed by atoms with Crippen LogP contribution in [0.2, 0.25) is 0 Å². The summed E-state index contributed by atoms with van der Waals surface area (Å²) in [6, 6.07) is 0. The Kier molecular flexibility index (Phi) is 2.69. The van der Waals surface area contributed by atoms with E-state index in [1.807, 2.05) is 14.1 Å². The Bertz CT molecular complexity index is 78.6. The number of hydrogen-bond donors (Lipinski definition) is 0. The van der Waals surface area contributed by atoms with Crippen LogP contribution in [-0.2, 0) is 4.79 Å². The van der Waals surface area contributed by atoms with Gasteiger partial charge in [0.05, 0.1) is 20.6 Å². The average molecular weight is 116 g/mol. The van der Waals surface area contributed by atoms with Crippen LogP contribution in [0.4, 0.5) is 0 Å². The van der Waals surface area contributed by atoms with Crippen LogP contribution in [-0.4, -0.2) is 38.0 Å². The predicted molar refractivity (Wildman–Crippen MR) is 33.6 cm³/mol. The Hall–Kier alpha value is -0.370. The molecule has 2 heteroatoms. The number of carbonyl (C=O) groups excluding carboxylic acids is 1. The van der Waals surface area contributed by atoms with E-state index in [9.17, 15) is 4.79 Å². The molecule has 2 nitrogen and oxygen atoms in total. The average Bonchev–Trinajstić information content (AvgIpc) is 1.67. The minimum atomic E-state index is 0.622. The monoisotopic (exact) mass is 116 g/mol. The van der Waals surface area contributed by atoms with E-state index in [1.165, 1.54) is 0 Å². The van der Waals surface area contributed by atoms with Gasteiger partial charge in [-0.05, 0) is 6.92 Å². The lowest BCUT2D eigenvalue weighted by Gasteiger charge is -2.24. The van der Waals surface area contributed by atoms with Crippen LogP contribution in [0.3, 0.4) is 0 Å². The third-order valence-electron chi connectivity index (χ3n) is 1.42. The zero-order valence-electron chi connectivity index (χ0n) is 5.85. The van der Waals surface area contributed by atoms with Crippen LogP contribution in [0.15, 0.2) is 0 Å². The summed E-state index contributed by atoms with van der Waals surface area (Å²) < 4.78 is 0.795. The van der Waals surface area contributed by atoms with Crippen molar-refractivity contribution in [3.63, 3.8) is 0 Å². The highest BCUT2D eigenvalue weighted by Gasteiger charge is 2.08. The number of nitrogens with zero attached hydrogens (tertiary/aromatic N) is 1. The lowest BCUT2D eigenvalue weighted by atomic mass is 10.5. The van der Waals surface area contributed by atoms with Crippen LogP contribution in [0.5, 0.6) is 0 Å². The summed E-state index contributed by atoms with van der Waals surface area (Å²) in [6.07, 6.45) is 0.962. The van der Waals surface area contributed by atoms with Crippen molar-refractivity contribution in [1.29, 1.82) is 0 Å². The lowest BCUT2D eigenvalue weighted by molar-refractivity contribution is -0.879. The molecular formula is C6H14NO+. The van der Waals surface area contributed by atoms with Gasteiger partial charge in [0, 0.05) is 0 Å². The molecule has 0 aliphatic carbocycles. The first kappa shape index (κ1) is 7.63. The van der Waals surface area contributed by atoms with Crippen LogP contribution in [0.1, 0.15) is 6.92 Å². The van der Waals surface area contributed by atoms with Crippen molar-refractivity contribution in [1.82, 2.24) is 0 Å². The highest BCUT2D eigenvalue weighted by atomic mass is 16.1. The highest BCUT2D eigenvalue weighted by molar-refractivity contribution is 5.50. The number of quaternary nitrogens is 1. The van der Waals surface area contributed by atoms with Gasteiger partial charge in [-0.3, -0.25) is 4.79 Å². The molecule has 0 saturated heterocycles. The quantitative estimate of drug-likeness (QED) is 0.382. The summed E-state index contributed by atoms with van der Waals surface area (Å²) in [5.41, 5.74) is 0. The Morgan fingerprint density at radius 2 is 2.00 bits per heavy atom. The molecule has 0 aromatic heterocycles. The van der Waals surface area contributed by atoms with E-state index in [-0.39, 0.29) is 0 Å². The van der Waals surface area contributed by atoms with Crippen molar-refractivity contribution in [2.45, 2.75) is 6.92 Å². The molecule has 0 aliphatic rings. The standard InChI is InChI=1S/C6H14NO/c1-4-7(2,3)5-6-8/h6H,4-5H2,1-3H3/q+1. The van der Waals surface area contributed by atoms with E-state index in [0.717, 1.165) is 17.3 Å². The summed E-state index contributed by atoms with van der Waals surface area (Å²) in [7, 11) is 4.07. The van der Waals surface area contributed by atoms with Gasteiger partial charge in [0.15, 0.2) is 6.29 Å². The largest absolute Gasteiger partial charge is 0.323 e. The normalized spacial score (nSPS) is 11.4. The Morgan fingerprint density at radius 3 is 2.12 bits per heavy atom. The fraction of sp³-hybridized carbons (Fsp3) is 0.833. The highest BCUT2D eigenvalue weighted by Crippen LogP contribution is 1.90. The number of aldehydes is 1. The molecule has 0 fully saturated rings. The first-order valence-electron chi connectivity index (χ1n) is 2.88. The molecule has 0 aromatic rings. The molecule has 0 aromatic carbocycles. The second-order valence-corrected chi connectivity index (χ2v) is 2.60. The van der Waals surface area contributed by atoms with Crippen molar-refractivity contribution < 1.29 is 9.28 Å². The van der Waals surface area contributed by atoms with Crippen LogP contribution in [0, 0.1) is 0 Å². The second-order valence-electron chi connectivity index (χ2n) is 2.60. The summed E-state index contributed by atoms with van der Waals surface area (Å²) in [6.45, 7) is 3.71. The van der Waals surface area contributed by atoms with Crippen molar-refractivity contribution in [2.75, 3.05) is 27.2 Å². The molecule has 0 N–H and O–H groups in total. The van der Waals surface area contributed by atoms with Crippen LogP contribution >= 0.6 is 0 Å². The minimum absolute atomic E-state index is 0.622. The van der Waals surface area contributed by atoms with Gasteiger partial charge in [-0.1, -0.05) is 0 Å². The number of likely N-dealkylation sites (N-methyl/N-ethyl adjacent to an activating group) is 1. The van der Waals surface area contributed by atoms with E-state index in [1.54, 1.807) is 0 Å². The van der Waals surface area contributed by atoms with Gasteiger partial charge < -0.3 is 4.48 Å². The summed E-state index contributed by atoms with van der Waals surface area (Å²) >= 11 is 0. The van der Waals surface area contributed by atoms with Gasteiger partial charge in [-0.2, -0.15) is 0 Å². The second kappa shape index (κ2) is 2.82. The molecule has 0 unspecified atom stereocenters. The van der Waals surface area contributed by atoms with Crippen molar-refractivity contribution in [3.05, 3.63) is 0 Å². The first-order chi connectivity index (χ1) is 3.62. The van der Waals surface area contributed by atoms with Crippen molar-refractivity contribution in [3.8, 4) is 0 Å². The van der Waals surface area contributed by atoms with E-state index in [2.05, 4.69) is 6.92 Å². The number of hydrogen-bond acceptors (Lipinski definition) is 1. The Morgan fingerprint density at radius 1 is 1.50 bits per heavy atom. The van der Waals surface area contributed by atoms with Crippen LogP contribution in [0.25, 0.3) is 0 Å². The molecule has 8 heavy (non-hydrogen) atoms. The molecule has 0 atom stereocenters. The van der Waals surface area contributed by atoms with Crippen molar-refractivity contribution in [2.24, 2.45) is 0 Å². The van der Waals surface area contributed by atoms with Gasteiger partial charge in [0.25, 0.3) is 0 Å². The minimum Gasteiger partial charge on any atom is -0.323 e. The molecular weight excluding hydrogens is 102 g/mol. The molecule has 0 amide bonds. The van der Waals surface area contributed by atoms with E-state index >= 15 is 0 Å². The Balaban J connectivity index is 3.53. The summed E-state index contributed by atoms with van der Waals surface area (Å²) in [5, 5.41) is 0. The van der Waals surface area contributed by atoms with Crippen molar-refractivity contribution >= 4 is 6.29 Å². The molecule has 0 rings (SSSR count). The molecule has 0 heterocycles. The zero-order chi connectivity index (χ0) is 6.62. The van der Waals surface area contributed by atoms with Crippen LogP contribution < -0.4 is 0 Å². The van der Waals surface area contributed by atoms with E-state index in [4.69, 9.17) is 0 Å². The maximum Gasteiger partial charge on any atom is 0.174 e. The maximum absolute atomic E-state index is 9.96. The summed E-state index contributed by atoms with van der Waals surface area (Å²) in [4.78, 5) is 9.96. The molecule has 0 saturated carbocycles.